The molecular weight excluding hydrogens is 193 g/mol. The summed E-state index contributed by atoms with van der Waals surface area (Å²) in [5.74, 6) is -0.385. The summed E-state index contributed by atoms with van der Waals surface area (Å²) in [5.41, 5.74) is 1.09. The van der Waals surface area contributed by atoms with Crippen molar-refractivity contribution < 1.29 is 4.39 Å². The highest BCUT2D eigenvalue weighted by Gasteiger charge is 2.00. The molecule has 1 aromatic heterocycles. The Hall–Kier alpha value is -2.15. The molecule has 0 N–H and O–H groups in total. The summed E-state index contributed by atoms with van der Waals surface area (Å²) in [4.78, 5) is 3.89. The fourth-order valence-corrected chi connectivity index (χ4v) is 1.40. The fraction of sp³-hybridized carbons (Fsp3) is 0.0909. The standard InChI is InChI=1S/C11H8FN3/c12-11-4-9(6-13)3-10(5-11)7-15-2-1-14-8-15/h1-5,8H,7H2. The third-order valence-electron chi connectivity index (χ3n) is 2.01. The molecule has 4 heteroatoms. The average Bonchev–Trinajstić information content (AvgIpc) is 2.69. The summed E-state index contributed by atoms with van der Waals surface area (Å²) in [6.45, 7) is 0.520. The average molecular weight is 201 g/mol. The Kier molecular flexibility index (Phi) is 2.46. The van der Waals surface area contributed by atoms with Crippen molar-refractivity contribution in [1.29, 1.82) is 5.26 Å². The summed E-state index contributed by atoms with van der Waals surface area (Å²) in [6, 6.07) is 6.23. The van der Waals surface area contributed by atoms with E-state index in [9.17, 15) is 4.39 Å². The number of halogens is 1. The van der Waals surface area contributed by atoms with Gasteiger partial charge in [0.25, 0.3) is 0 Å². The highest BCUT2D eigenvalue weighted by atomic mass is 19.1. The Morgan fingerprint density at radius 1 is 1.40 bits per heavy atom. The molecule has 2 aromatic rings. The van der Waals surface area contributed by atoms with E-state index in [1.165, 1.54) is 12.1 Å². The van der Waals surface area contributed by atoms with Crippen LogP contribution < -0.4 is 0 Å². The van der Waals surface area contributed by atoms with Crippen LogP contribution >= 0.6 is 0 Å². The van der Waals surface area contributed by atoms with Gasteiger partial charge in [-0.1, -0.05) is 0 Å². The molecule has 0 saturated carbocycles. The van der Waals surface area contributed by atoms with Crippen molar-refractivity contribution in [2.75, 3.05) is 0 Å². The van der Waals surface area contributed by atoms with Gasteiger partial charge in [0, 0.05) is 18.9 Å². The molecule has 0 radical (unpaired) electrons. The van der Waals surface area contributed by atoms with Crippen LogP contribution in [0, 0.1) is 17.1 Å². The molecule has 0 aliphatic carbocycles. The number of imidazole rings is 1. The maximum Gasteiger partial charge on any atom is 0.124 e. The molecule has 0 saturated heterocycles. The van der Waals surface area contributed by atoms with Gasteiger partial charge in [-0.25, -0.2) is 9.37 Å². The first-order chi connectivity index (χ1) is 7.28. The summed E-state index contributed by atoms with van der Waals surface area (Å²) in [7, 11) is 0. The van der Waals surface area contributed by atoms with E-state index in [0.717, 1.165) is 5.56 Å². The third kappa shape index (κ3) is 2.20. The SMILES string of the molecule is N#Cc1cc(F)cc(Cn2ccnc2)c1. The molecule has 1 aromatic carbocycles. The fourth-order valence-electron chi connectivity index (χ4n) is 1.40. The largest absolute Gasteiger partial charge is 0.333 e. The van der Waals surface area contributed by atoms with E-state index >= 15 is 0 Å². The van der Waals surface area contributed by atoms with Crippen molar-refractivity contribution in [3.05, 3.63) is 53.9 Å². The Balaban J connectivity index is 2.29. The lowest BCUT2D eigenvalue weighted by Gasteiger charge is -2.03. The van der Waals surface area contributed by atoms with E-state index in [1.807, 2.05) is 10.6 Å². The molecule has 0 aliphatic heterocycles. The number of benzene rings is 1. The molecule has 2 rings (SSSR count). The summed E-state index contributed by atoms with van der Waals surface area (Å²) < 4.78 is 14.9. The molecular formula is C11H8FN3. The van der Waals surface area contributed by atoms with E-state index in [1.54, 1.807) is 24.8 Å². The van der Waals surface area contributed by atoms with Gasteiger partial charge in [-0.2, -0.15) is 5.26 Å². The van der Waals surface area contributed by atoms with Gasteiger partial charge in [0.05, 0.1) is 18.0 Å². The predicted molar refractivity (Wildman–Crippen MR) is 52.4 cm³/mol. The number of nitrogens with zero attached hydrogens (tertiary/aromatic N) is 3. The molecule has 0 bridgehead atoms. The van der Waals surface area contributed by atoms with Crippen LogP contribution in [0.15, 0.2) is 36.9 Å². The van der Waals surface area contributed by atoms with Gasteiger partial charge < -0.3 is 4.57 Å². The first-order valence-corrected chi connectivity index (χ1v) is 4.43. The minimum atomic E-state index is -0.385. The summed E-state index contributed by atoms with van der Waals surface area (Å²) in [6.07, 6.45) is 5.10. The Morgan fingerprint density at radius 3 is 2.93 bits per heavy atom. The highest BCUT2D eigenvalue weighted by molar-refractivity contribution is 5.33. The molecule has 0 amide bonds. The molecule has 74 valence electrons. The Bertz CT molecular complexity index is 497. The topological polar surface area (TPSA) is 41.6 Å². The van der Waals surface area contributed by atoms with Crippen molar-refractivity contribution in [2.45, 2.75) is 6.54 Å². The zero-order valence-electron chi connectivity index (χ0n) is 7.89. The summed E-state index contributed by atoms with van der Waals surface area (Å²) in [5, 5.41) is 8.68. The number of hydrogen-bond acceptors (Lipinski definition) is 2. The van der Waals surface area contributed by atoms with Crippen LogP contribution in [0.2, 0.25) is 0 Å². The smallest absolute Gasteiger partial charge is 0.124 e. The van der Waals surface area contributed by atoms with E-state index in [4.69, 9.17) is 5.26 Å². The lowest BCUT2D eigenvalue weighted by molar-refractivity contribution is 0.623. The van der Waals surface area contributed by atoms with Crippen molar-refractivity contribution in [3.63, 3.8) is 0 Å². The Morgan fingerprint density at radius 2 is 2.27 bits per heavy atom. The monoisotopic (exact) mass is 201 g/mol. The van der Waals surface area contributed by atoms with Gasteiger partial charge >= 0.3 is 0 Å². The zero-order chi connectivity index (χ0) is 10.7. The van der Waals surface area contributed by atoms with Crippen LogP contribution in [0.1, 0.15) is 11.1 Å². The quantitative estimate of drug-likeness (QED) is 0.745. The van der Waals surface area contributed by atoms with Crippen LogP contribution in [-0.4, -0.2) is 9.55 Å². The van der Waals surface area contributed by atoms with Crippen molar-refractivity contribution in [3.8, 4) is 6.07 Å². The van der Waals surface area contributed by atoms with Gasteiger partial charge in [-0.15, -0.1) is 0 Å². The molecule has 0 unspecified atom stereocenters. The molecule has 0 aliphatic rings. The Labute approximate surface area is 86.4 Å². The minimum absolute atomic E-state index is 0.338. The van der Waals surface area contributed by atoms with Gasteiger partial charge in [0.1, 0.15) is 5.82 Å². The van der Waals surface area contributed by atoms with Gasteiger partial charge in [0.15, 0.2) is 0 Å². The van der Waals surface area contributed by atoms with Crippen molar-refractivity contribution in [2.24, 2.45) is 0 Å². The highest BCUT2D eigenvalue weighted by Crippen LogP contribution is 2.09. The zero-order valence-corrected chi connectivity index (χ0v) is 7.89. The van der Waals surface area contributed by atoms with E-state index in [0.29, 0.717) is 12.1 Å². The number of aromatic nitrogens is 2. The van der Waals surface area contributed by atoms with E-state index in [2.05, 4.69) is 4.98 Å². The molecule has 0 fully saturated rings. The first-order valence-electron chi connectivity index (χ1n) is 4.43. The lowest BCUT2D eigenvalue weighted by atomic mass is 10.1. The number of hydrogen-bond donors (Lipinski definition) is 0. The second-order valence-electron chi connectivity index (χ2n) is 3.19. The predicted octanol–water partition coefficient (Wildman–Crippen LogP) is 1.94. The molecule has 0 spiro atoms. The van der Waals surface area contributed by atoms with Crippen LogP contribution in [-0.2, 0) is 6.54 Å². The molecule has 1 heterocycles. The van der Waals surface area contributed by atoms with Crippen molar-refractivity contribution in [1.82, 2.24) is 9.55 Å². The van der Waals surface area contributed by atoms with Gasteiger partial charge in [-0.3, -0.25) is 0 Å². The normalized spacial score (nSPS) is 9.87. The third-order valence-corrected chi connectivity index (χ3v) is 2.01. The summed E-state index contributed by atoms with van der Waals surface area (Å²) >= 11 is 0. The lowest BCUT2D eigenvalue weighted by Crippen LogP contribution is -1.97. The second-order valence-corrected chi connectivity index (χ2v) is 3.19. The first kappa shape index (κ1) is 9.41. The van der Waals surface area contributed by atoms with E-state index in [-0.39, 0.29) is 5.82 Å². The second kappa shape index (κ2) is 3.93. The molecule has 3 nitrogen and oxygen atoms in total. The minimum Gasteiger partial charge on any atom is -0.333 e. The van der Waals surface area contributed by atoms with Crippen molar-refractivity contribution >= 4 is 0 Å². The number of nitriles is 1. The van der Waals surface area contributed by atoms with E-state index < -0.39 is 0 Å². The van der Waals surface area contributed by atoms with Crippen LogP contribution in [0.4, 0.5) is 4.39 Å². The van der Waals surface area contributed by atoms with Gasteiger partial charge in [-0.05, 0) is 23.8 Å². The number of rotatable bonds is 2. The van der Waals surface area contributed by atoms with Gasteiger partial charge in [0.2, 0.25) is 0 Å². The van der Waals surface area contributed by atoms with Crippen LogP contribution in [0.25, 0.3) is 0 Å². The maximum absolute atomic E-state index is 13.1. The van der Waals surface area contributed by atoms with Crippen LogP contribution in [0.5, 0.6) is 0 Å². The molecule has 0 atom stereocenters. The van der Waals surface area contributed by atoms with Crippen LogP contribution in [0.3, 0.4) is 0 Å². The molecule has 15 heavy (non-hydrogen) atoms. The maximum atomic E-state index is 13.1.